The molecule has 182 valence electrons. The van der Waals surface area contributed by atoms with Gasteiger partial charge in [-0.15, -0.1) is 11.3 Å². The Morgan fingerprint density at radius 3 is 2.40 bits per heavy atom. The molecule has 35 heavy (non-hydrogen) atoms. The number of benzene rings is 2. The van der Waals surface area contributed by atoms with E-state index in [1.54, 1.807) is 12.1 Å². The average Bonchev–Trinajstić information content (AvgIpc) is 3.28. The Morgan fingerprint density at radius 2 is 1.71 bits per heavy atom. The molecule has 2 aromatic carbocycles. The summed E-state index contributed by atoms with van der Waals surface area (Å²) in [4.78, 5) is 27.6. The van der Waals surface area contributed by atoms with E-state index in [0.717, 1.165) is 30.5 Å². The van der Waals surface area contributed by atoms with Gasteiger partial charge >= 0.3 is 5.97 Å². The molecule has 0 saturated carbocycles. The Kier molecular flexibility index (Phi) is 6.62. The number of carbonyl (C=O) groups is 2. The van der Waals surface area contributed by atoms with E-state index in [1.807, 2.05) is 23.6 Å². The zero-order valence-corrected chi connectivity index (χ0v) is 20.8. The molecule has 7 heteroatoms. The maximum absolute atomic E-state index is 13.0. The van der Waals surface area contributed by atoms with Crippen LogP contribution < -0.4 is 10.2 Å². The molecule has 0 bridgehead atoms. The van der Waals surface area contributed by atoms with Crippen molar-refractivity contribution in [2.24, 2.45) is 0 Å². The lowest BCUT2D eigenvalue weighted by molar-refractivity contribution is 0.0696. The first kappa shape index (κ1) is 23.6. The van der Waals surface area contributed by atoms with Gasteiger partial charge in [0.05, 0.1) is 18.8 Å². The van der Waals surface area contributed by atoms with Gasteiger partial charge in [0.15, 0.2) is 0 Å². The van der Waals surface area contributed by atoms with Crippen LogP contribution >= 0.6 is 11.3 Å². The lowest BCUT2D eigenvalue weighted by Gasteiger charge is -2.40. The third-order valence-corrected chi connectivity index (χ3v) is 8.06. The highest BCUT2D eigenvalue weighted by Gasteiger charge is 2.29. The summed E-state index contributed by atoms with van der Waals surface area (Å²) < 4.78 is 5.62. The third-order valence-electron chi connectivity index (χ3n) is 7.14. The first-order chi connectivity index (χ1) is 16.9. The van der Waals surface area contributed by atoms with Crippen molar-refractivity contribution in [1.29, 1.82) is 0 Å². The summed E-state index contributed by atoms with van der Waals surface area (Å²) in [7, 11) is 0. The van der Waals surface area contributed by atoms with Gasteiger partial charge in [-0.05, 0) is 85.4 Å². The number of hydrogen-bond acceptors (Lipinski definition) is 5. The number of carboxylic acid groups (broad SMARTS) is 1. The molecular formula is C28H30N2O4S. The van der Waals surface area contributed by atoms with Gasteiger partial charge in [0.1, 0.15) is 5.00 Å². The van der Waals surface area contributed by atoms with Crippen molar-refractivity contribution in [2.75, 3.05) is 23.4 Å². The van der Waals surface area contributed by atoms with Crippen molar-refractivity contribution in [3.63, 3.8) is 0 Å². The van der Waals surface area contributed by atoms with E-state index < -0.39 is 5.97 Å². The van der Waals surface area contributed by atoms with Gasteiger partial charge in [0.2, 0.25) is 0 Å². The first-order valence-corrected chi connectivity index (χ1v) is 13.0. The summed E-state index contributed by atoms with van der Waals surface area (Å²) in [5, 5.41) is 15.2. The van der Waals surface area contributed by atoms with Crippen LogP contribution in [0.3, 0.4) is 0 Å². The van der Waals surface area contributed by atoms with Crippen molar-refractivity contribution in [3.8, 4) is 0 Å². The Labute approximate surface area is 209 Å². The van der Waals surface area contributed by atoms with Gasteiger partial charge in [-0.3, -0.25) is 4.79 Å². The van der Waals surface area contributed by atoms with Crippen molar-refractivity contribution >= 4 is 33.9 Å². The molecule has 5 rings (SSSR count). The molecule has 2 N–H and O–H groups in total. The summed E-state index contributed by atoms with van der Waals surface area (Å²) in [6, 6.07) is 16.4. The number of carbonyl (C=O) groups excluding carboxylic acids is 1. The third kappa shape index (κ3) is 4.70. The Morgan fingerprint density at radius 1 is 1.03 bits per heavy atom. The zero-order chi connectivity index (χ0) is 24.5. The van der Waals surface area contributed by atoms with Crippen LogP contribution in [0.25, 0.3) is 0 Å². The number of amides is 1. The van der Waals surface area contributed by atoms with Crippen molar-refractivity contribution in [2.45, 2.75) is 51.1 Å². The molecule has 1 aliphatic carbocycles. The second-order valence-electron chi connectivity index (χ2n) is 9.55. The summed E-state index contributed by atoms with van der Waals surface area (Å²) in [5.41, 5.74) is 5.21. The predicted octanol–water partition coefficient (Wildman–Crippen LogP) is 5.58. The highest BCUT2D eigenvalue weighted by molar-refractivity contribution is 7.15. The molecule has 1 amide bonds. The number of nitrogens with zero attached hydrogens (tertiary/aromatic N) is 1. The van der Waals surface area contributed by atoms with Crippen molar-refractivity contribution < 1.29 is 19.4 Å². The van der Waals surface area contributed by atoms with E-state index in [0.29, 0.717) is 23.8 Å². The maximum Gasteiger partial charge on any atom is 0.339 e. The van der Waals surface area contributed by atoms with E-state index in [9.17, 15) is 14.7 Å². The monoisotopic (exact) mass is 490 g/mol. The number of carboxylic acids is 1. The van der Waals surface area contributed by atoms with Crippen LogP contribution in [0.4, 0.5) is 10.7 Å². The quantitative estimate of drug-likeness (QED) is 0.488. The number of thiophene rings is 1. The standard InChI is InChI=1S/C28H30N2O4S/c1-17-14-34-15-18(2)30(17)23-11-9-20(10-12-23)26(31)29-27-25(28(32)33)24(16-35-27)22-8-7-19-5-3-4-6-21(19)13-22/h3-6,9-12,16-18,22H,7-8,13-15H2,1-2H3,(H,29,31)(H,32,33). The second kappa shape index (κ2) is 9.84. The van der Waals surface area contributed by atoms with Crippen LogP contribution in [0.5, 0.6) is 0 Å². The summed E-state index contributed by atoms with van der Waals surface area (Å²) >= 11 is 1.29. The maximum atomic E-state index is 13.0. The lowest BCUT2D eigenvalue weighted by Crippen LogP contribution is -2.49. The van der Waals surface area contributed by atoms with Crippen LogP contribution in [-0.2, 0) is 17.6 Å². The number of ether oxygens (including phenoxy) is 1. The molecule has 1 aliphatic heterocycles. The molecule has 3 aromatic rings. The normalized spacial score (nSPS) is 21.9. The van der Waals surface area contributed by atoms with Gasteiger partial charge in [0, 0.05) is 23.3 Å². The average molecular weight is 491 g/mol. The van der Waals surface area contributed by atoms with E-state index in [4.69, 9.17) is 4.74 Å². The fourth-order valence-corrected chi connectivity index (χ4v) is 6.45. The zero-order valence-electron chi connectivity index (χ0n) is 20.0. The fourth-order valence-electron chi connectivity index (χ4n) is 5.42. The number of nitrogens with one attached hydrogen (secondary N) is 1. The molecule has 3 atom stereocenters. The Balaban J connectivity index is 1.34. The van der Waals surface area contributed by atoms with Gasteiger partial charge in [0.25, 0.3) is 5.91 Å². The molecule has 0 spiro atoms. The number of aromatic carboxylic acids is 1. The highest BCUT2D eigenvalue weighted by Crippen LogP contribution is 2.40. The highest BCUT2D eigenvalue weighted by atomic mass is 32.1. The number of morpholine rings is 1. The number of fused-ring (bicyclic) bond motifs is 1. The smallest absolute Gasteiger partial charge is 0.339 e. The van der Waals surface area contributed by atoms with Crippen LogP contribution in [0, 0.1) is 0 Å². The first-order valence-electron chi connectivity index (χ1n) is 12.1. The lowest BCUT2D eigenvalue weighted by atomic mass is 9.80. The van der Waals surface area contributed by atoms with Gasteiger partial charge in [-0.1, -0.05) is 24.3 Å². The minimum atomic E-state index is -0.999. The minimum absolute atomic E-state index is 0.134. The Hall–Kier alpha value is -3.16. The molecule has 6 nitrogen and oxygen atoms in total. The fraction of sp³-hybridized carbons (Fsp3) is 0.357. The summed E-state index contributed by atoms with van der Waals surface area (Å²) in [6.45, 7) is 5.61. The summed E-state index contributed by atoms with van der Waals surface area (Å²) in [6.07, 6.45) is 2.66. The van der Waals surface area contributed by atoms with Crippen molar-refractivity contribution in [3.05, 3.63) is 81.7 Å². The molecule has 1 saturated heterocycles. The van der Waals surface area contributed by atoms with E-state index in [1.165, 1.54) is 22.5 Å². The molecule has 0 radical (unpaired) electrons. The van der Waals surface area contributed by atoms with Gasteiger partial charge in [-0.25, -0.2) is 4.79 Å². The van der Waals surface area contributed by atoms with Gasteiger partial charge in [-0.2, -0.15) is 0 Å². The molecule has 1 aromatic heterocycles. The van der Waals surface area contributed by atoms with Gasteiger partial charge < -0.3 is 20.1 Å². The molecule has 1 fully saturated rings. The van der Waals surface area contributed by atoms with Crippen LogP contribution in [0.1, 0.15) is 63.6 Å². The molecule has 3 unspecified atom stereocenters. The van der Waals surface area contributed by atoms with Crippen LogP contribution in [0.2, 0.25) is 0 Å². The van der Waals surface area contributed by atoms with Crippen molar-refractivity contribution in [1.82, 2.24) is 0 Å². The van der Waals surface area contributed by atoms with E-state index in [-0.39, 0.29) is 29.5 Å². The predicted molar refractivity (Wildman–Crippen MR) is 139 cm³/mol. The van der Waals surface area contributed by atoms with Crippen LogP contribution in [-0.4, -0.2) is 42.3 Å². The minimum Gasteiger partial charge on any atom is -0.478 e. The molecular weight excluding hydrogens is 460 g/mol. The van der Waals surface area contributed by atoms with E-state index in [2.05, 4.69) is 42.3 Å². The summed E-state index contributed by atoms with van der Waals surface area (Å²) in [5.74, 6) is -1.17. The van der Waals surface area contributed by atoms with Crippen LogP contribution in [0.15, 0.2) is 53.9 Å². The number of hydrogen-bond donors (Lipinski definition) is 2. The number of rotatable bonds is 5. The topological polar surface area (TPSA) is 78.9 Å². The SMILES string of the molecule is CC1COCC(C)N1c1ccc(C(=O)Nc2scc(C3CCc4ccccc4C3)c2C(=O)O)cc1. The largest absolute Gasteiger partial charge is 0.478 e. The molecule has 2 heterocycles. The second-order valence-corrected chi connectivity index (χ2v) is 10.4. The number of aryl methyl sites for hydroxylation is 1. The number of anilines is 2. The van der Waals surface area contributed by atoms with E-state index >= 15 is 0 Å². The Bertz CT molecular complexity index is 1230. The molecule has 2 aliphatic rings.